The van der Waals surface area contributed by atoms with Gasteiger partial charge in [-0.3, -0.25) is 9.59 Å². The summed E-state index contributed by atoms with van der Waals surface area (Å²) in [4.78, 5) is 24.7. The number of ether oxygens (including phenoxy) is 5. The molecule has 2 aliphatic heterocycles. The summed E-state index contributed by atoms with van der Waals surface area (Å²) in [5, 5.41) is 2.70. The Labute approximate surface area is 171 Å². The largest absolute Gasteiger partial charge is 0.486 e. The normalized spacial score (nSPS) is 13.7. The average Bonchev–Trinajstić information content (AvgIpc) is 3.22. The second kappa shape index (κ2) is 8.95. The number of thioether (sulfide) groups is 1. The number of nitrogens with one attached hydrogen (secondary N) is 1. The van der Waals surface area contributed by atoms with E-state index in [4.69, 9.17) is 23.7 Å². The molecule has 0 saturated heterocycles. The molecule has 0 radical (unpaired) electrons. The van der Waals surface area contributed by atoms with Crippen molar-refractivity contribution in [2.75, 3.05) is 32.4 Å². The number of carbonyl (C=O) groups excluding carboxylic acids is 2. The number of carbonyl (C=O) groups is 2. The maximum atomic E-state index is 11.9. The standard InChI is InChI=1S/C20H19NO7S/c22-19(21-9-13-1-3-16-17(7-13)28-12-27-16)10-26-20(23)11-29-14-2-4-15-18(8-14)25-6-5-24-15/h1-4,7-8H,5-6,9-12H2,(H,21,22). The zero-order valence-electron chi connectivity index (χ0n) is 15.5. The van der Waals surface area contributed by atoms with E-state index in [1.54, 1.807) is 12.1 Å². The summed E-state index contributed by atoms with van der Waals surface area (Å²) in [5.41, 5.74) is 0.864. The Kier molecular flexibility index (Phi) is 5.95. The molecule has 2 aliphatic rings. The van der Waals surface area contributed by atoms with Crippen LogP contribution in [0.15, 0.2) is 41.3 Å². The van der Waals surface area contributed by atoms with Crippen LogP contribution < -0.4 is 24.3 Å². The first-order chi connectivity index (χ1) is 14.2. The lowest BCUT2D eigenvalue weighted by Gasteiger charge is -2.18. The Hall–Kier alpha value is -3.07. The molecule has 0 fully saturated rings. The topological polar surface area (TPSA) is 92.3 Å². The molecule has 0 bridgehead atoms. The van der Waals surface area contributed by atoms with Crippen LogP contribution >= 0.6 is 11.8 Å². The molecule has 0 atom stereocenters. The molecule has 1 amide bonds. The lowest BCUT2D eigenvalue weighted by atomic mass is 10.2. The molecule has 2 heterocycles. The Morgan fingerprint density at radius 2 is 1.66 bits per heavy atom. The molecule has 0 saturated carbocycles. The average molecular weight is 417 g/mol. The van der Waals surface area contributed by atoms with Gasteiger partial charge in [-0.15, -0.1) is 11.8 Å². The predicted molar refractivity (Wildman–Crippen MR) is 104 cm³/mol. The summed E-state index contributed by atoms with van der Waals surface area (Å²) >= 11 is 1.31. The van der Waals surface area contributed by atoms with Gasteiger partial charge in [0.15, 0.2) is 29.6 Å². The van der Waals surface area contributed by atoms with Gasteiger partial charge in [0.05, 0.1) is 5.75 Å². The highest BCUT2D eigenvalue weighted by molar-refractivity contribution is 8.00. The lowest BCUT2D eigenvalue weighted by molar-refractivity contribution is -0.145. The second-order valence-corrected chi connectivity index (χ2v) is 7.27. The van der Waals surface area contributed by atoms with E-state index in [0.29, 0.717) is 42.8 Å². The van der Waals surface area contributed by atoms with Crippen molar-refractivity contribution in [2.45, 2.75) is 11.4 Å². The molecular weight excluding hydrogens is 398 g/mol. The Morgan fingerprint density at radius 3 is 2.55 bits per heavy atom. The molecule has 0 aliphatic carbocycles. The smallest absolute Gasteiger partial charge is 0.316 e. The van der Waals surface area contributed by atoms with Gasteiger partial charge in [0.1, 0.15) is 13.2 Å². The lowest BCUT2D eigenvalue weighted by Crippen LogP contribution is -2.28. The fraction of sp³-hybridized carbons (Fsp3) is 0.300. The van der Waals surface area contributed by atoms with E-state index < -0.39 is 5.97 Å². The second-order valence-electron chi connectivity index (χ2n) is 6.22. The first kappa shape index (κ1) is 19.3. The van der Waals surface area contributed by atoms with Gasteiger partial charge in [0, 0.05) is 11.4 Å². The number of fused-ring (bicyclic) bond motifs is 2. The first-order valence-electron chi connectivity index (χ1n) is 9.01. The summed E-state index contributed by atoms with van der Waals surface area (Å²) in [7, 11) is 0. The fourth-order valence-corrected chi connectivity index (χ4v) is 3.47. The van der Waals surface area contributed by atoms with Crippen LogP contribution in [0.4, 0.5) is 0 Å². The minimum Gasteiger partial charge on any atom is -0.486 e. The van der Waals surface area contributed by atoms with Gasteiger partial charge < -0.3 is 29.0 Å². The monoisotopic (exact) mass is 417 g/mol. The van der Waals surface area contributed by atoms with Crippen molar-refractivity contribution in [3.63, 3.8) is 0 Å². The number of hydrogen-bond donors (Lipinski definition) is 1. The van der Waals surface area contributed by atoms with Gasteiger partial charge in [0.25, 0.3) is 5.91 Å². The van der Waals surface area contributed by atoms with Crippen molar-refractivity contribution in [1.82, 2.24) is 5.32 Å². The summed E-state index contributed by atoms with van der Waals surface area (Å²) in [6, 6.07) is 10.9. The molecule has 4 rings (SSSR count). The minimum absolute atomic E-state index is 0.0923. The number of esters is 1. The van der Waals surface area contributed by atoms with E-state index in [1.165, 1.54) is 11.8 Å². The van der Waals surface area contributed by atoms with Crippen LogP contribution in [0.3, 0.4) is 0 Å². The first-order valence-corrected chi connectivity index (χ1v) is 9.99. The molecule has 0 aromatic heterocycles. The van der Waals surface area contributed by atoms with Gasteiger partial charge in [-0.1, -0.05) is 6.07 Å². The van der Waals surface area contributed by atoms with Crippen LogP contribution in [0.5, 0.6) is 23.0 Å². The number of rotatable bonds is 7. The van der Waals surface area contributed by atoms with E-state index >= 15 is 0 Å². The third-order valence-corrected chi connectivity index (χ3v) is 5.13. The van der Waals surface area contributed by atoms with E-state index in [1.807, 2.05) is 24.3 Å². The third kappa shape index (κ3) is 5.05. The van der Waals surface area contributed by atoms with Crippen LogP contribution in [0.25, 0.3) is 0 Å². The zero-order valence-corrected chi connectivity index (χ0v) is 16.3. The molecule has 9 heteroatoms. The van der Waals surface area contributed by atoms with Crippen LogP contribution in [0, 0.1) is 0 Å². The van der Waals surface area contributed by atoms with Crippen molar-refractivity contribution in [3.05, 3.63) is 42.0 Å². The van der Waals surface area contributed by atoms with Crippen molar-refractivity contribution in [1.29, 1.82) is 0 Å². The third-order valence-electron chi connectivity index (χ3n) is 4.16. The van der Waals surface area contributed by atoms with Crippen molar-refractivity contribution in [2.24, 2.45) is 0 Å². The van der Waals surface area contributed by atoms with Crippen LogP contribution in [0.1, 0.15) is 5.56 Å². The van der Waals surface area contributed by atoms with E-state index in [0.717, 1.165) is 10.5 Å². The number of hydrogen-bond acceptors (Lipinski definition) is 8. The SMILES string of the molecule is O=C(COC(=O)CSc1ccc2c(c1)OCCO2)NCc1ccc2c(c1)OCO2. The van der Waals surface area contributed by atoms with Crippen LogP contribution in [-0.4, -0.2) is 44.2 Å². The zero-order chi connectivity index (χ0) is 20.1. The van der Waals surface area contributed by atoms with Crippen molar-refractivity contribution < 1.29 is 33.3 Å². The maximum Gasteiger partial charge on any atom is 0.316 e. The van der Waals surface area contributed by atoms with Crippen molar-refractivity contribution in [3.8, 4) is 23.0 Å². The molecule has 29 heavy (non-hydrogen) atoms. The van der Waals surface area contributed by atoms with Gasteiger partial charge >= 0.3 is 5.97 Å². The van der Waals surface area contributed by atoms with Crippen LogP contribution in [0.2, 0.25) is 0 Å². The predicted octanol–water partition coefficient (Wildman–Crippen LogP) is 2.14. The molecular formula is C20H19NO7S. The number of benzene rings is 2. The molecule has 2 aromatic carbocycles. The highest BCUT2D eigenvalue weighted by atomic mass is 32.2. The fourth-order valence-electron chi connectivity index (χ4n) is 2.75. The van der Waals surface area contributed by atoms with E-state index in [-0.39, 0.29) is 25.1 Å². The summed E-state index contributed by atoms with van der Waals surface area (Å²) in [6.45, 7) is 1.21. The molecule has 0 unspecified atom stereocenters. The quantitative estimate of drug-likeness (QED) is 0.541. The molecule has 152 valence electrons. The minimum atomic E-state index is -0.469. The molecule has 1 N–H and O–H groups in total. The maximum absolute atomic E-state index is 11.9. The number of amides is 1. The van der Waals surface area contributed by atoms with Crippen LogP contribution in [-0.2, 0) is 20.9 Å². The van der Waals surface area contributed by atoms with Crippen molar-refractivity contribution >= 4 is 23.6 Å². The summed E-state index contributed by atoms with van der Waals surface area (Å²) in [5.74, 6) is 1.95. The Bertz CT molecular complexity index is 918. The van der Waals surface area contributed by atoms with Gasteiger partial charge in [-0.25, -0.2) is 0 Å². The Balaban J connectivity index is 1.17. The summed E-state index contributed by atoms with van der Waals surface area (Å²) < 4.78 is 26.5. The van der Waals surface area contributed by atoms with Gasteiger partial charge in [-0.2, -0.15) is 0 Å². The molecule has 0 spiro atoms. The van der Waals surface area contributed by atoms with Gasteiger partial charge in [0.2, 0.25) is 6.79 Å². The van der Waals surface area contributed by atoms with E-state index in [2.05, 4.69) is 5.32 Å². The van der Waals surface area contributed by atoms with Gasteiger partial charge in [-0.05, 0) is 35.9 Å². The summed E-state index contributed by atoms with van der Waals surface area (Å²) in [6.07, 6.45) is 0. The highest BCUT2D eigenvalue weighted by Crippen LogP contribution is 2.34. The molecule has 2 aromatic rings. The Morgan fingerprint density at radius 1 is 0.931 bits per heavy atom. The highest BCUT2D eigenvalue weighted by Gasteiger charge is 2.15. The molecule has 8 nitrogen and oxygen atoms in total. The van der Waals surface area contributed by atoms with E-state index in [9.17, 15) is 9.59 Å².